The number of aromatic amines is 1. The van der Waals surface area contributed by atoms with Crippen molar-refractivity contribution >= 4 is 11.4 Å². The quantitative estimate of drug-likeness (QED) is 0.342. The van der Waals surface area contributed by atoms with Crippen LogP contribution in [0.4, 0.5) is 17.6 Å². The number of H-pyrrole nitrogens is 1. The summed E-state index contributed by atoms with van der Waals surface area (Å²) in [6, 6.07) is 9.35. The highest BCUT2D eigenvalue weighted by molar-refractivity contribution is 5.96. The molecule has 1 amide bonds. The van der Waals surface area contributed by atoms with Crippen molar-refractivity contribution in [2.24, 2.45) is 0 Å². The van der Waals surface area contributed by atoms with Crippen LogP contribution in [0.1, 0.15) is 45.2 Å². The lowest BCUT2D eigenvalue weighted by atomic mass is 10.0. The molecule has 0 fully saturated rings. The van der Waals surface area contributed by atoms with Gasteiger partial charge in [-0.3, -0.25) is 9.59 Å². The van der Waals surface area contributed by atoms with Crippen molar-refractivity contribution in [3.63, 3.8) is 0 Å². The van der Waals surface area contributed by atoms with E-state index in [-0.39, 0.29) is 12.1 Å². The molecule has 0 bridgehead atoms. The molecule has 2 heterocycles. The van der Waals surface area contributed by atoms with Crippen molar-refractivity contribution in [2.75, 3.05) is 6.61 Å². The van der Waals surface area contributed by atoms with Gasteiger partial charge in [0, 0.05) is 6.61 Å². The van der Waals surface area contributed by atoms with E-state index in [1.165, 1.54) is 18.3 Å². The van der Waals surface area contributed by atoms with Gasteiger partial charge in [-0.25, -0.2) is 8.91 Å². The van der Waals surface area contributed by atoms with Crippen LogP contribution in [0.25, 0.3) is 16.8 Å². The predicted molar refractivity (Wildman–Crippen MR) is 124 cm³/mol. The van der Waals surface area contributed by atoms with E-state index in [1.807, 2.05) is 19.9 Å². The van der Waals surface area contributed by atoms with Gasteiger partial charge in [0.25, 0.3) is 11.5 Å². The third kappa shape index (κ3) is 4.87. The Morgan fingerprint density at radius 1 is 1.14 bits per heavy atom. The second kappa shape index (κ2) is 9.57. The van der Waals surface area contributed by atoms with Gasteiger partial charge in [0.1, 0.15) is 16.9 Å². The molecule has 3 N–H and O–H groups in total. The molecule has 11 heteroatoms. The minimum absolute atomic E-state index is 0.0381. The Balaban J connectivity index is 1.81. The van der Waals surface area contributed by atoms with Crippen molar-refractivity contribution in [3.05, 3.63) is 92.8 Å². The van der Waals surface area contributed by atoms with Crippen LogP contribution < -0.4 is 10.9 Å². The van der Waals surface area contributed by atoms with Crippen LogP contribution in [0.2, 0.25) is 0 Å². The molecular weight excluding hydrogens is 480 g/mol. The number of hydrogen-bond donors (Lipinski definition) is 3. The van der Waals surface area contributed by atoms with E-state index in [0.717, 1.165) is 27.8 Å². The highest BCUT2D eigenvalue weighted by atomic mass is 19.4. The highest BCUT2D eigenvalue weighted by Crippen LogP contribution is 2.35. The minimum Gasteiger partial charge on any atom is -0.396 e. The highest BCUT2D eigenvalue weighted by Gasteiger charge is 2.42. The van der Waals surface area contributed by atoms with Crippen LogP contribution in [0.5, 0.6) is 0 Å². The average Bonchev–Trinajstić information content (AvgIpc) is 3.22. The standard InChI is InChI=1S/C25H22F4N4O3/c1-13-3-4-16(11-14(13)2)19-12-33-22(24(36)31-19)20(25(27,28)29)21(32-33)23(35)30-18(9-10-34)15-5-7-17(26)8-6-15/h3-8,11-12,18,34H,9-10H2,1-2H3,(H,30,35)(H,31,36). The largest absolute Gasteiger partial charge is 0.421 e. The molecule has 0 spiro atoms. The molecule has 4 aromatic rings. The average molecular weight is 502 g/mol. The SMILES string of the molecule is Cc1ccc(-c2cn3nc(C(=O)NC(CCO)c4ccc(F)cc4)c(C(F)(F)F)c3c(=O)[nH]2)cc1C. The molecule has 0 aliphatic rings. The zero-order chi connectivity index (χ0) is 26.2. The monoisotopic (exact) mass is 502 g/mol. The molecule has 0 radical (unpaired) electrons. The molecule has 1 atom stereocenters. The lowest BCUT2D eigenvalue weighted by Crippen LogP contribution is -2.31. The number of nitrogens with one attached hydrogen (secondary N) is 2. The molecule has 0 aliphatic carbocycles. The van der Waals surface area contributed by atoms with Crippen molar-refractivity contribution in [1.82, 2.24) is 19.9 Å². The fraction of sp³-hybridized carbons (Fsp3) is 0.240. The molecular formula is C25H22F4N4O3. The number of aliphatic hydroxyl groups excluding tert-OH is 1. The molecule has 2 aromatic heterocycles. The number of nitrogens with zero attached hydrogens (tertiary/aromatic N) is 2. The Morgan fingerprint density at radius 3 is 2.44 bits per heavy atom. The van der Waals surface area contributed by atoms with Crippen LogP contribution in [-0.4, -0.2) is 32.2 Å². The number of hydrogen-bond acceptors (Lipinski definition) is 4. The minimum atomic E-state index is -5.06. The lowest BCUT2D eigenvalue weighted by Gasteiger charge is -2.18. The molecule has 0 saturated carbocycles. The maximum absolute atomic E-state index is 14.1. The fourth-order valence-electron chi connectivity index (χ4n) is 3.94. The number of benzene rings is 2. The van der Waals surface area contributed by atoms with Gasteiger partial charge in [0.05, 0.1) is 17.9 Å². The predicted octanol–water partition coefficient (Wildman–Crippen LogP) is 4.32. The first-order valence-electron chi connectivity index (χ1n) is 11.0. The smallest absolute Gasteiger partial charge is 0.396 e. The number of carbonyl (C=O) groups excluding carboxylic acids is 1. The Labute approximate surface area is 202 Å². The summed E-state index contributed by atoms with van der Waals surface area (Å²) in [5, 5.41) is 15.6. The second-order valence-electron chi connectivity index (χ2n) is 8.40. The first-order chi connectivity index (χ1) is 17.0. The Bertz CT molecular complexity index is 1490. The summed E-state index contributed by atoms with van der Waals surface area (Å²) < 4.78 is 56.2. The number of alkyl halides is 3. The third-order valence-electron chi connectivity index (χ3n) is 5.94. The normalized spacial score (nSPS) is 12.6. The van der Waals surface area contributed by atoms with Gasteiger partial charge in [-0.2, -0.15) is 18.3 Å². The number of aryl methyl sites for hydroxylation is 2. The second-order valence-corrected chi connectivity index (χ2v) is 8.40. The summed E-state index contributed by atoms with van der Waals surface area (Å²) in [5.74, 6) is -1.73. The van der Waals surface area contributed by atoms with E-state index in [1.54, 1.807) is 12.1 Å². The van der Waals surface area contributed by atoms with Gasteiger partial charge < -0.3 is 15.4 Å². The lowest BCUT2D eigenvalue weighted by molar-refractivity contribution is -0.136. The van der Waals surface area contributed by atoms with Crippen LogP contribution >= 0.6 is 0 Å². The molecule has 4 rings (SSSR count). The number of fused-ring (bicyclic) bond motifs is 1. The van der Waals surface area contributed by atoms with Crippen LogP contribution in [-0.2, 0) is 6.18 Å². The van der Waals surface area contributed by atoms with Gasteiger partial charge in [0.15, 0.2) is 5.69 Å². The Hall–Kier alpha value is -3.99. The van der Waals surface area contributed by atoms with E-state index in [9.17, 15) is 32.3 Å². The topological polar surface area (TPSA) is 99.5 Å². The van der Waals surface area contributed by atoms with E-state index in [0.29, 0.717) is 11.1 Å². The third-order valence-corrected chi connectivity index (χ3v) is 5.94. The first-order valence-corrected chi connectivity index (χ1v) is 11.0. The summed E-state index contributed by atoms with van der Waals surface area (Å²) in [6.07, 6.45) is -3.88. The summed E-state index contributed by atoms with van der Waals surface area (Å²) in [4.78, 5) is 28.2. The molecule has 2 aromatic carbocycles. The van der Waals surface area contributed by atoms with E-state index in [4.69, 9.17) is 0 Å². The summed E-state index contributed by atoms with van der Waals surface area (Å²) in [7, 11) is 0. The number of rotatable bonds is 6. The summed E-state index contributed by atoms with van der Waals surface area (Å²) in [6.45, 7) is 3.37. The van der Waals surface area contributed by atoms with Gasteiger partial charge in [0.2, 0.25) is 0 Å². The zero-order valence-electron chi connectivity index (χ0n) is 19.3. The number of aliphatic hydroxyl groups is 1. The van der Waals surface area contributed by atoms with Gasteiger partial charge in [-0.15, -0.1) is 0 Å². The maximum Gasteiger partial charge on any atom is 0.421 e. The number of carbonyl (C=O) groups is 1. The molecule has 36 heavy (non-hydrogen) atoms. The Kier molecular flexibility index (Phi) is 6.68. The number of halogens is 4. The van der Waals surface area contributed by atoms with Gasteiger partial charge in [-0.05, 0) is 60.7 Å². The van der Waals surface area contributed by atoms with Crippen LogP contribution in [0.15, 0.2) is 53.5 Å². The number of aromatic nitrogens is 3. The molecule has 0 aliphatic heterocycles. The van der Waals surface area contributed by atoms with E-state index >= 15 is 0 Å². The first kappa shape index (κ1) is 25.1. The van der Waals surface area contributed by atoms with Crippen LogP contribution in [0, 0.1) is 19.7 Å². The molecule has 7 nitrogen and oxygen atoms in total. The Morgan fingerprint density at radius 2 is 1.83 bits per heavy atom. The van der Waals surface area contributed by atoms with Crippen molar-refractivity contribution in [1.29, 1.82) is 0 Å². The molecule has 188 valence electrons. The maximum atomic E-state index is 14.1. The van der Waals surface area contributed by atoms with E-state index < -0.39 is 52.9 Å². The number of amides is 1. The summed E-state index contributed by atoms with van der Waals surface area (Å²) in [5.41, 5.74) is -1.26. The fourth-order valence-corrected chi connectivity index (χ4v) is 3.94. The van der Waals surface area contributed by atoms with Crippen molar-refractivity contribution in [3.8, 4) is 11.3 Å². The molecule has 1 unspecified atom stereocenters. The van der Waals surface area contributed by atoms with Crippen LogP contribution in [0.3, 0.4) is 0 Å². The molecule has 0 saturated heterocycles. The van der Waals surface area contributed by atoms with Gasteiger partial charge in [-0.1, -0.05) is 24.3 Å². The van der Waals surface area contributed by atoms with E-state index in [2.05, 4.69) is 15.4 Å². The van der Waals surface area contributed by atoms with Crippen molar-refractivity contribution in [2.45, 2.75) is 32.5 Å². The zero-order valence-corrected chi connectivity index (χ0v) is 19.3. The van der Waals surface area contributed by atoms with Crippen molar-refractivity contribution < 1.29 is 27.5 Å². The van der Waals surface area contributed by atoms with Gasteiger partial charge >= 0.3 is 6.18 Å². The summed E-state index contributed by atoms with van der Waals surface area (Å²) >= 11 is 0.